The van der Waals surface area contributed by atoms with Gasteiger partial charge in [0.15, 0.2) is 0 Å². The van der Waals surface area contributed by atoms with Crippen LogP contribution in [0.4, 0.5) is 0 Å². The van der Waals surface area contributed by atoms with Crippen LogP contribution in [0.3, 0.4) is 0 Å². The fourth-order valence-electron chi connectivity index (χ4n) is 3.08. The molecule has 0 unspecified atom stereocenters. The normalized spacial score (nSPS) is 9.48. The molecule has 0 radical (unpaired) electrons. The first kappa shape index (κ1) is 24.2. The number of rotatable bonds is 0. The fourth-order valence-corrected chi connectivity index (χ4v) is 3.08. The zero-order valence-corrected chi connectivity index (χ0v) is 20.7. The Hall–Kier alpha value is -0.877. The van der Waals surface area contributed by atoms with Crippen molar-refractivity contribution in [1.29, 1.82) is 0 Å². The van der Waals surface area contributed by atoms with Crippen molar-refractivity contribution in [2.24, 2.45) is 0 Å². The SMILES string of the molecule is Cc1cc2c(C)cccc2[cH-]1.Cc1cc2c(C)cccc2[cH-]1.[CH2-]C.[Cl][Zr][Cl]. The van der Waals surface area contributed by atoms with Gasteiger partial charge in [0.05, 0.1) is 0 Å². The van der Waals surface area contributed by atoms with Gasteiger partial charge in [-0.05, 0) is 13.8 Å². The van der Waals surface area contributed by atoms with E-state index in [2.05, 4.69) is 95.3 Å². The van der Waals surface area contributed by atoms with Gasteiger partial charge in [0.1, 0.15) is 0 Å². The Morgan fingerprint density at radius 1 is 0.704 bits per heavy atom. The van der Waals surface area contributed by atoms with Crippen molar-refractivity contribution >= 4 is 38.6 Å². The van der Waals surface area contributed by atoms with Gasteiger partial charge in [-0.2, -0.15) is 19.1 Å². The van der Waals surface area contributed by atoms with Crippen molar-refractivity contribution in [3.05, 3.63) is 89.8 Å². The van der Waals surface area contributed by atoms with Crippen molar-refractivity contribution in [3.8, 4) is 0 Å². The Morgan fingerprint density at radius 2 is 1.04 bits per heavy atom. The van der Waals surface area contributed by atoms with Crippen LogP contribution in [0.2, 0.25) is 0 Å². The Bertz CT molecular complexity index is 869. The van der Waals surface area contributed by atoms with Crippen LogP contribution in [0.1, 0.15) is 29.2 Å². The van der Waals surface area contributed by atoms with E-state index in [-0.39, 0.29) is 0 Å². The summed E-state index contributed by atoms with van der Waals surface area (Å²) in [5.41, 5.74) is 5.45. The molecule has 0 saturated carbocycles. The summed E-state index contributed by atoms with van der Waals surface area (Å²) in [5.74, 6) is 0. The minimum absolute atomic E-state index is 0.826. The average molecular weight is 478 g/mol. The number of fused-ring (bicyclic) bond motifs is 2. The van der Waals surface area contributed by atoms with Gasteiger partial charge in [-0.3, -0.25) is 0 Å². The van der Waals surface area contributed by atoms with Crippen molar-refractivity contribution in [2.45, 2.75) is 34.6 Å². The standard InChI is InChI=1S/2C11H11.C2H5.2ClH.Zr/c2*1-8-6-10-5-3-4-9(2)11(10)7-8;1-2;;;/h2*3-7H,1-2H3;1H2,2H3;2*1H;/q3*-1;;;+2/p-2. The van der Waals surface area contributed by atoms with E-state index >= 15 is 0 Å². The molecule has 4 aromatic carbocycles. The van der Waals surface area contributed by atoms with Crippen LogP contribution in [-0.4, -0.2) is 0 Å². The summed E-state index contributed by atoms with van der Waals surface area (Å²) in [5, 5.41) is 5.51. The minimum atomic E-state index is -0.826. The van der Waals surface area contributed by atoms with Crippen LogP contribution in [0, 0.1) is 34.6 Å². The molecule has 0 aliphatic heterocycles. The van der Waals surface area contributed by atoms with Crippen LogP contribution in [0.15, 0.2) is 60.7 Å². The molecular weight excluding hydrogens is 450 g/mol. The molecule has 0 heterocycles. The van der Waals surface area contributed by atoms with Gasteiger partial charge in [0.2, 0.25) is 0 Å². The van der Waals surface area contributed by atoms with Crippen LogP contribution < -0.4 is 0 Å². The first-order valence-electron chi connectivity index (χ1n) is 8.88. The number of hydrogen-bond donors (Lipinski definition) is 0. The zero-order chi connectivity index (χ0) is 20.4. The average Bonchev–Trinajstić information content (AvgIpc) is 3.21. The van der Waals surface area contributed by atoms with Gasteiger partial charge < -0.3 is 6.92 Å². The maximum atomic E-state index is 4.93. The summed E-state index contributed by atoms with van der Waals surface area (Å²) < 4.78 is 0. The molecule has 0 amide bonds. The molecule has 0 aliphatic carbocycles. The molecule has 4 rings (SSSR count). The molecule has 4 aromatic rings. The third kappa shape index (κ3) is 7.22. The molecular formula is C24H27Cl2Zr-3. The Labute approximate surface area is 182 Å². The molecule has 0 aliphatic rings. The van der Waals surface area contributed by atoms with E-state index in [1.807, 2.05) is 0 Å². The van der Waals surface area contributed by atoms with Crippen molar-refractivity contribution in [2.75, 3.05) is 0 Å². The molecule has 27 heavy (non-hydrogen) atoms. The van der Waals surface area contributed by atoms with E-state index < -0.39 is 20.8 Å². The molecule has 0 saturated heterocycles. The molecule has 0 spiro atoms. The fraction of sp³-hybridized carbons (Fsp3) is 0.208. The van der Waals surface area contributed by atoms with E-state index in [9.17, 15) is 0 Å². The van der Waals surface area contributed by atoms with E-state index in [1.165, 1.54) is 43.8 Å². The monoisotopic (exact) mass is 475 g/mol. The molecule has 0 fully saturated rings. The summed E-state index contributed by atoms with van der Waals surface area (Å²) in [4.78, 5) is 0. The summed E-state index contributed by atoms with van der Waals surface area (Å²) >= 11 is -0.826. The van der Waals surface area contributed by atoms with Crippen LogP contribution in [0.25, 0.3) is 21.5 Å². The predicted octanol–water partition coefficient (Wildman–Crippen LogP) is 8.57. The first-order valence-corrected chi connectivity index (χ1v) is 15.2. The quantitative estimate of drug-likeness (QED) is 0.223. The van der Waals surface area contributed by atoms with Gasteiger partial charge in [-0.1, -0.05) is 37.1 Å². The second-order valence-electron chi connectivity index (χ2n) is 6.29. The van der Waals surface area contributed by atoms with Crippen LogP contribution in [-0.2, 0) is 20.8 Å². The molecule has 0 bridgehead atoms. The summed E-state index contributed by atoms with van der Waals surface area (Å²) in [6.07, 6.45) is 0. The number of aryl methyl sites for hydroxylation is 4. The predicted molar refractivity (Wildman–Crippen MR) is 121 cm³/mol. The van der Waals surface area contributed by atoms with E-state index in [1.54, 1.807) is 6.92 Å². The number of halogens is 2. The second-order valence-corrected chi connectivity index (χ2v) is 10.0. The Morgan fingerprint density at radius 3 is 1.33 bits per heavy atom. The van der Waals surface area contributed by atoms with E-state index in [0.717, 1.165) is 0 Å². The van der Waals surface area contributed by atoms with E-state index in [0.29, 0.717) is 0 Å². The van der Waals surface area contributed by atoms with Gasteiger partial charge in [0.25, 0.3) is 0 Å². The molecule has 144 valence electrons. The second kappa shape index (κ2) is 12.6. The molecule has 0 N–H and O–H groups in total. The van der Waals surface area contributed by atoms with Crippen LogP contribution >= 0.6 is 17.0 Å². The number of hydrogen-bond acceptors (Lipinski definition) is 0. The molecule has 3 heteroatoms. The van der Waals surface area contributed by atoms with E-state index in [4.69, 9.17) is 17.0 Å². The Kier molecular flexibility index (Phi) is 11.2. The molecule has 0 nitrogen and oxygen atoms in total. The van der Waals surface area contributed by atoms with Crippen molar-refractivity contribution in [1.82, 2.24) is 0 Å². The third-order valence-corrected chi connectivity index (χ3v) is 4.23. The molecule has 0 atom stereocenters. The third-order valence-electron chi connectivity index (χ3n) is 4.23. The van der Waals surface area contributed by atoms with Crippen molar-refractivity contribution < 1.29 is 20.8 Å². The van der Waals surface area contributed by atoms with Gasteiger partial charge in [-0.25, -0.2) is 0 Å². The van der Waals surface area contributed by atoms with Gasteiger partial charge >= 0.3 is 37.9 Å². The maximum absolute atomic E-state index is 4.93. The summed E-state index contributed by atoms with van der Waals surface area (Å²) in [6.45, 7) is 13.6. The summed E-state index contributed by atoms with van der Waals surface area (Å²) in [7, 11) is 9.87. The zero-order valence-electron chi connectivity index (χ0n) is 16.7. The van der Waals surface area contributed by atoms with Gasteiger partial charge in [0, 0.05) is 0 Å². The first-order chi connectivity index (χ1) is 13.0. The Balaban J connectivity index is 0.000000219. The van der Waals surface area contributed by atoms with Crippen LogP contribution in [0.5, 0.6) is 0 Å². The number of benzene rings is 2. The summed E-state index contributed by atoms with van der Waals surface area (Å²) in [6, 6.07) is 21.8. The topological polar surface area (TPSA) is 0 Å². The van der Waals surface area contributed by atoms with Crippen molar-refractivity contribution in [3.63, 3.8) is 0 Å². The molecule has 0 aromatic heterocycles. The van der Waals surface area contributed by atoms with Gasteiger partial charge in [-0.15, -0.1) is 69.1 Å².